The van der Waals surface area contributed by atoms with Crippen LogP contribution in [0.1, 0.15) is 33.6 Å². The first-order chi connectivity index (χ1) is 5.74. The lowest BCUT2D eigenvalue weighted by Crippen LogP contribution is -2.22. The second kappa shape index (κ2) is 2.90. The summed E-state index contributed by atoms with van der Waals surface area (Å²) in [5.74, 6) is 4.96. The van der Waals surface area contributed by atoms with E-state index in [0.29, 0.717) is 0 Å². The summed E-state index contributed by atoms with van der Waals surface area (Å²) >= 11 is 0. The van der Waals surface area contributed by atoms with Gasteiger partial charge in [-0.25, -0.2) is 0 Å². The molecule has 68 valence electrons. The Bertz CT molecular complexity index is 190. The molecule has 5 atom stereocenters. The van der Waals surface area contributed by atoms with Crippen LogP contribution in [0.4, 0.5) is 0 Å². The molecule has 2 saturated carbocycles. The van der Waals surface area contributed by atoms with Gasteiger partial charge in [-0.05, 0) is 49.4 Å². The van der Waals surface area contributed by atoms with Crippen LogP contribution in [0.2, 0.25) is 0 Å². The molecule has 2 aliphatic carbocycles. The van der Waals surface area contributed by atoms with Crippen molar-refractivity contribution in [1.82, 2.24) is 0 Å². The van der Waals surface area contributed by atoms with Gasteiger partial charge in [0.2, 0.25) is 0 Å². The van der Waals surface area contributed by atoms with Crippen LogP contribution < -0.4 is 0 Å². The van der Waals surface area contributed by atoms with Crippen LogP contribution >= 0.6 is 0 Å². The van der Waals surface area contributed by atoms with E-state index in [1.54, 1.807) is 0 Å². The highest BCUT2D eigenvalue weighted by molar-refractivity contribution is 5.04. The summed E-state index contributed by atoms with van der Waals surface area (Å²) in [5, 5.41) is 0. The number of hydrogen-bond acceptors (Lipinski definition) is 0. The molecule has 0 N–H and O–H groups in total. The van der Waals surface area contributed by atoms with Crippen molar-refractivity contribution in [3.63, 3.8) is 0 Å². The third-order valence-corrected chi connectivity index (χ3v) is 4.39. The fourth-order valence-corrected chi connectivity index (χ4v) is 3.47. The van der Waals surface area contributed by atoms with E-state index >= 15 is 0 Å². The topological polar surface area (TPSA) is 0 Å². The SMILES string of the molecule is C/C=C\C1CC2CC1C(C)C2C. The summed E-state index contributed by atoms with van der Waals surface area (Å²) in [7, 11) is 0. The van der Waals surface area contributed by atoms with Crippen molar-refractivity contribution >= 4 is 0 Å². The Hall–Kier alpha value is -0.260. The maximum Gasteiger partial charge on any atom is -0.0200 e. The second-order valence-corrected chi connectivity index (χ2v) is 4.80. The van der Waals surface area contributed by atoms with Gasteiger partial charge in [-0.15, -0.1) is 0 Å². The molecule has 0 heteroatoms. The number of fused-ring (bicyclic) bond motifs is 2. The average Bonchev–Trinajstić information content (AvgIpc) is 2.55. The summed E-state index contributed by atoms with van der Waals surface area (Å²) in [4.78, 5) is 0. The highest BCUT2D eigenvalue weighted by Crippen LogP contribution is 2.55. The molecule has 0 aromatic carbocycles. The lowest BCUT2D eigenvalue weighted by molar-refractivity contribution is 0.218. The Labute approximate surface area is 76.1 Å². The van der Waals surface area contributed by atoms with Crippen LogP contribution in [0, 0.1) is 29.6 Å². The van der Waals surface area contributed by atoms with Crippen molar-refractivity contribution in [2.75, 3.05) is 0 Å². The molecule has 0 saturated heterocycles. The predicted octanol–water partition coefficient (Wildman–Crippen LogP) is 3.49. The van der Waals surface area contributed by atoms with Crippen LogP contribution in [0.15, 0.2) is 12.2 Å². The van der Waals surface area contributed by atoms with Gasteiger partial charge in [0.15, 0.2) is 0 Å². The fourth-order valence-electron chi connectivity index (χ4n) is 3.47. The minimum absolute atomic E-state index is 0.922. The van der Waals surface area contributed by atoms with Crippen LogP contribution in [-0.2, 0) is 0 Å². The van der Waals surface area contributed by atoms with E-state index in [-0.39, 0.29) is 0 Å². The maximum absolute atomic E-state index is 2.45. The van der Waals surface area contributed by atoms with E-state index in [1.807, 2.05) is 0 Å². The molecule has 0 amide bonds. The third-order valence-electron chi connectivity index (χ3n) is 4.39. The van der Waals surface area contributed by atoms with Gasteiger partial charge in [0.25, 0.3) is 0 Å². The van der Waals surface area contributed by atoms with E-state index in [2.05, 4.69) is 32.9 Å². The lowest BCUT2D eigenvalue weighted by atomic mass is 9.76. The molecule has 0 aromatic heterocycles. The summed E-state index contributed by atoms with van der Waals surface area (Å²) in [6, 6.07) is 0. The minimum atomic E-state index is 0.922. The molecule has 0 nitrogen and oxygen atoms in total. The van der Waals surface area contributed by atoms with Gasteiger partial charge in [0, 0.05) is 0 Å². The Kier molecular flexibility index (Phi) is 2.02. The smallest absolute Gasteiger partial charge is 0.0200 e. The highest BCUT2D eigenvalue weighted by atomic mass is 14.5. The zero-order valence-electron chi connectivity index (χ0n) is 8.46. The first kappa shape index (κ1) is 8.34. The van der Waals surface area contributed by atoms with Crippen molar-refractivity contribution in [3.05, 3.63) is 12.2 Å². The lowest BCUT2D eigenvalue weighted by Gasteiger charge is -2.29. The summed E-state index contributed by atoms with van der Waals surface area (Å²) in [6.45, 7) is 7.05. The normalized spacial score (nSPS) is 52.4. The van der Waals surface area contributed by atoms with Crippen LogP contribution in [-0.4, -0.2) is 0 Å². The first-order valence-electron chi connectivity index (χ1n) is 5.37. The summed E-state index contributed by atoms with van der Waals surface area (Å²) in [6.07, 6.45) is 7.66. The molecule has 0 radical (unpaired) electrons. The van der Waals surface area contributed by atoms with Crippen molar-refractivity contribution in [3.8, 4) is 0 Å². The van der Waals surface area contributed by atoms with E-state index in [4.69, 9.17) is 0 Å². The van der Waals surface area contributed by atoms with Gasteiger partial charge in [-0.1, -0.05) is 26.0 Å². The van der Waals surface area contributed by atoms with E-state index < -0.39 is 0 Å². The molecule has 0 spiro atoms. The monoisotopic (exact) mass is 164 g/mol. The molecule has 2 bridgehead atoms. The quantitative estimate of drug-likeness (QED) is 0.520. The molecule has 2 rings (SSSR count). The van der Waals surface area contributed by atoms with E-state index in [0.717, 1.165) is 29.6 Å². The molecular formula is C12H20. The van der Waals surface area contributed by atoms with Gasteiger partial charge >= 0.3 is 0 Å². The van der Waals surface area contributed by atoms with Crippen LogP contribution in [0.5, 0.6) is 0 Å². The first-order valence-corrected chi connectivity index (χ1v) is 5.37. The fraction of sp³-hybridized carbons (Fsp3) is 0.833. The van der Waals surface area contributed by atoms with Crippen LogP contribution in [0.3, 0.4) is 0 Å². The molecular weight excluding hydrogens is 144 g/mol. The Morgan fingerprint density at radius 1 is 1.08 bits per heavy atom. The van der Waals surface area contributed by atoms with Crippen LogP contribution in [0.25, 0.3) is 0 Å². The summed E-state index contributed by atoms with van der Waals surface area (Å²) < 4.78 is 0. The standard InChI is InChI=1S/C12H20/c1-4-5-10-6-11-7-12(10)9(3)8(11)2/h4-5,8-12H,6-7H2,1-3H3/b5-4-. The Morgan fingerprint density at radius 2 is 1.83 bits per heavy atom. The van der Waals surface area contributed by atoms with Crippen molar-refractivity contribution in [2.45, 2.75) is 33.6 Å². The number of allylic oxidation sites excluding steroid dienone is 2. The second-order valence-electron chi connectivity index (χ2n) is 4.80. The van der Waals surface area contributed by atoms with Crippen molar-refractivity contribution < 1.29 is 0 Å². The Balaban J connectivity index is 2.10. The highest BCUT2D eigenvalue weighted by Gasteiger charge is 2.47. The molecule has 0 aromatic rings. The third kappa shape index (κ3) is 1.04. The van der Waals surface area contributed by atoms with Crippen molar-refractivity contribution in [1.29, 1.82) is 0 Å². The van der Waals surface area contributed by atoms with Gasteiger partial charge in [-0.3, -0.25) is 0 Å². The maximum atomic E-state index is 2.45. The number of rotatable bonds is 1. The predicted molar refractivity (Wildman–Crippen MR) is 52.8 cm³/mol. The van der Waals surface area contributed by atoms with E-state index in [9.17, 15) is 0 Å². The zero-order valence-corrected chi connectivity index (χ0v) is 8.46. The molecule has 0 aliphatic heterocycles. The minimum Gasteiger partial charge on any atom is -0.0914 e. The average molecular weight is 164 g/mol. The Morgan fingerprint density at radius 3 is 2.33 bits per heavy atom. The van der Waals surface area contributed by atoms with Gasteiger partial charge < -0.3 is 0 Å². The molecule has 2 fully saturated rings. The largest absolute Gasteiger partial charge is 0.0914 e. The summed E-state index contributed by atoms with van der Waals surface area (Å²) in [5.41, 5.74) is 0. The molecule has 5 unspecified atom stereocenters. The molecule has 2 aliphatic rings. The van der Waals surface area contributed by atoms with Gasteiger partial charge in [0.05, 0.1) is 0 Å². The zero-order chi connectivity index (χ0) is 8.72. The van der Waals surface area contributed by atoms with Crippen molar-refractivity contribution in [2.24, 2.45) is 29.6 Å². The van der Waals surface area contributed by atoms with Gasteiger partial charge in [-0.2, -0.15) is 0 Å². The molecule has 0 heterocycles. The number of hydrogen-bond donors (Lipinski definition) is 0. The molecule has 12 heavy (non-hydrogen) atoms. The van der Waals surface area contributed by atoms with E-state index in [1.165, 1.54) is 12.8 Å². The van der Waals surface area contributed by atoms with Gasteiger partial charge in [0.1, 0.15) is 0 Å².